The van der Waals surface area contributed by atoms with Crippen molar-refractivity contribution in [3.8, 4) is 0 Å². The van der Waals surface area contributed by atoms with E-state index < -0.39 is 7.88 Å². The molecule has 0 unspecified atom stereocenters. The van der Waals surface area contributed by atoms with Gasteiger partial charge in [-0.3, -0.25) is 0 Å². The Morgan fingerprint density at radius 2 is 1.50 bits per heavy atom. The van der Waals surface area contributed by atoms with E-state index in [1.165, 1.54) is 49.1 Å². The fourth-order valence-electron chi connectivity index (χ4n) is 0. The minimum absolute atomic E-state index is 1.30. The molecule has 0 fully saturated rings. The van der Waals surface area contributed by atoms with Crippen LogP contribution in [0.5, 0.6) is 0 Å². The normalized spacial score (nSPS) is 6.83. The van der Waals surface area contributed by atoms with Crippen molar-refractivity contribution in [2.45, 2.75) is 4.17 Å². The van der Waals surface area contributed by atoms with Gasteiger partial charge in [0.15, 0.2) is 7.88 Å². The van der Waals surface area contributed by atoms with Gasteiger partial charge in [0.1, 0.15) is 0 Å². The van der Waals surface area contributed by atoms with Gasteiger partial charge in [0.2, 0.25) is 0 Å². The molecule has 0 aliphatic carbocycles. The first-order chi connectivity index (χ1) is 2.73. The van der Waals surface area contributed by atoms with Crippen LogP contribution in [-0.2, 0) is 7.88 Å². The molecule has 0 saturated carbocycles. The summed E-state index contributed by atoms with van der Waals surface area (Å²) in [6, 6.07) is 0. The molecule has 0 saturated heterocycles. The number of hydrogen-bond donors (Lipinski definition) is 1. The second kappa shape index (κ2) is 9.84. The quantitative estimate of drug-likeness (QED) is 0.278. The van der Waals surface area contributed by atoms with Gasteiger partial charge in [0.25, 0.3) is 0 Å². The molecule has 0 aliphatic rings. The van der Waals surface area contributed by atoms with Crippen molar-refractivity contribution in [3.05, 3.63) is 0 Å². The summed E-state index contributed by atoms with van der Waals surface area (Å²) in [5.74, 6) is 0. The summed E-state index contributed by atoms with van der Waals surface area (Å²) in [6.07, 6.45) is 0. The van der Waals surface area contributed by atoms with E-state index >= 15 is 0 Å². The molecule has 0 N–H and O–H groups in total. The van der Waals surface area contributed by atoms with E-state index in [0.717, 1.165) is 0 Å². The van der Waals surface area contributed by atoms with Gasteiger partial charge < -0.3 is 0 Å². The SMILES string of the molecule is O=[SH](=O)I.[CH3][Na]. The fourth-order valence-corrected chi connectivity index (χ4v) is 0. The van der Waals surface area contributed by atoms with Gasteiger partial charge >= 0.3 is 32.1 Å². The van der Waals surface area contributed by atoms with E-state index in [0.29, 0.717) is 0 Å². The Bertz CT molecular complexity index is 61.9. The van der Waals surface area contributed by atoms with Crippen molar-refractivity contribution < 1.29 is 8.42 Å². The van der Waals surface area contributed by atoms with Crippen molar-refractivity contribution in [2.75, 3.05) is 0 Å². The summed E-state index contributed by atoms with van der Waals surface area (Å²) in [5.41, 5.74) is 0. The molecule has 34 valence electrons. The third-order valence-electron chi connectivity index (χ3n) is 0. The van der Waals surface area contributed by atoms with E-state index in [4.69, 9.17) is 8.42 Å². The Labute approximate surface area is 68.6 Å². The van der Waals surface area contributed by atoms with Crippen molar-refractivity contribution in [3.63, 3.8) is 0 Å². The van der Waals surface area contributed by atoms with E-state index in [1.54, 1.807) is 0 Å². The monoisotopic (exact) mass is 230 g/mol. The molecule has 0 atom stereocenters. The van der Waals surface area contributed by atoms with E-state index in [2.05, 4.69) is 4.17 Å². The van der Waals surface area contributed by atoms with Crippen LogP contribution in [0.15, 0.2) is 0 Å². The Morgan fingerprint density at radius 3 is 1.50 bits per heavy atom. The van der Waals surface area contributed by atoms with Gasteiger partial charge in [-0.1, -0.05) is 0 Å². The van der Waals surface area contributed by atoms with Crippen molar-refractivity contribution in [1.82, 2.24) is 0 Å². The van der Waals surface area contributed by atoms with Gasteiger partial charge in [0.05, 0.1) is 21.2 Å². The molecular formula is CH4INaO2S. The average Bonchev–Trinajstić information content (AvgIpc) is 1.41. The van der Waals surface area contributed by atoms with Crippen LogP contribution >= 0.6 is 21.2 Å². The topological polar surface area (TPSA) is 34.1 Å². The first-order valence-corrected chi connectivity index (χ1v) is 7.50. The molecule has 0 amide bonds. The third-order valence-corrected chi connectivity index (χ3v) is 0. The molecular weight excluding hydrogens is 226 g/mol. The van der Waals surface area contributed by atoms with Crippen LogP contribution < -0.4 is 0 Å². The minimum atomic E-state index is -2.15. The standard InChI is InChI=1S/CH3.HIO2S.Na/c;1-4(2)3;/h1H3;4H;. The predicted molar refractivity (Wildman–Crippen MR) is 36.0 cm³/mol. The van der Waals surface area contributed by atoms with Crippen LogP contribution in [-0.4, -0.2) is 36.3 Å². The molecule has 0 aromatic heterocycles. The molecule has 2 nitrogen and oxygen atoms in total. The third kappa shape index (κ3) is 44.1. The van der Waals surface area contributed by atoms with Crippen LogP contribution in [0.1, 0.15) is 0 Å². The molecule has 5 heteroatoms. The Morgan fingerprint density at radius 1 is 1.50 bits per heavy atom. The zero-order valence-electron chi connectivity index (χ0n) is 3.64. The fraction of sp³-hybridized carbons (Fsp3) is 1.00. The predicted octanol–water partition coefficient (Wildman–Crippen LogP) is 0.151. The molecule has 0 rings (SSSR count). The second-order valence-corrected chi connectivity index (χ2v) is 3.00. The van der Waals surface area contributed by atoms with Gasteiger partial charge in [-0.05, 0) is 0 Å². The summed E-state index contributed by atoms with van der Waals surface area (Å²) >= 11 is 2.60. The van der Waals surface area contributed by atoms with Crippen LogP contribution in [0.25, 0.3) is 0 Å². The van der Waals surface area contributed by atoms with Gasteiger partial charge in [-0.2, -0.15) is 0 Å². The Balaban J connectivity index is 0. The summed E-state index contributed by atoms with van der Waals surface area (Å²) < 4.78 is 20.2. The van der Waals surface area contributed by atoms with Crippen molar-refractivity contribution in [2.24, 2.45) is 0 Å². The summed E-state index contributed by atoms with van der Waals surface area (Å²) in [7, 11) is -2.15. The number of halogens is 1. The summed E-state index contributed by atoms with van der Waals surface area (Å²) in [6.45, 7) is 0. The Kier molecular flexibility index (Phi) is 17.4. The molecule has 0 bridgehead atoms. The van der Waals surface area contributed by atoms with Crippen LogP contribution in [0.2, 0.25) is 4.17 Å². The summed E-state index contributed by atoms with van der Waals surface area (Å²) in [4.78, 5) is 0. The van der Waals surface area contributed by atoms with Crippen LogP contribution in [0, 0.1) is 0 Å². The van der Waals surface area contributed by atoms with E-state index in [9.17, 15) is 0 Å². The zero-order valence-corrected chi connectivity index (χ0v) is 8.69. The first kappa shape index (κ1) is 10.6. The van der Waals surface area contributed by atoms with Gasteiger partial charge in [-0.25, -0.2) is 8.42 Å². The second-order valence-electron chi connectivity index (χ2n) is 0.213. The number of thiol groups is 1. The van der Waals surface area contributed by atoms with E-state index in [-0.39, 0.29) is 0 Å². The molecule has 0 heterocycles. The maximum atomic E-state index is 9.02. The van der Waals surface area contributed by atoms with Crippen LogP contribution in [0.3, 0.4) is 0 Å². The van der Waals surface area contributed by atoms with Crippen molar-refractivity contribution in [1.29, 1.82) is 0 Å². The summed E-state index contributed by atoms with van der Waals surface area (Å²) in [5, 5.41) is 0. The zero-order chi connectivity index (χ0) is 5.58. The number of hydrogen-bond acceptors (Lipinski definition) is 2. The molecule has 0 aromatic carbocycles. The molecule has 0 radical (unpaired) electrons. The molecule has 0 aliphatic heterocycles. The molecule has 6 heavy (non-hydrogen) atoms. The van der Waals surface area contributed by atoms with Crippen LogP contribution in [0.4, 0.5) is 0 Å². The average molecular weight is 230 g/mol. The molecule has 0 aromatic rings. The van der Waals surface area contributed by atoms with Crippen molar-refractivity contribution >= 4 is 57.0 Å². The molecule has 0 spiro atoms. The first-order valence-electron chi connectivity index (χ1n) is 1.53. The Hall–Kier alpha value is 1.68. The maximum absolute atomic E-state index is 9.02. The van der Waals surface area contributed by atoms with E-state index in [1.807, 2.05) is 0 Å². The van der Waals surface area contributed by atoms with Gasteiger partial charge in [0, 0.05) is 0 Å². The van der Waals surface area contributed by atoms with Gasteiger partial charge in [-0.15, -0.1) is 0 Å². The number of rotatable bonds is 0.